The molecule has 0 unspecified atom stereocenters. The molecule has 52 heavy (non-hydrogen) atoms. The molecule has 0 aliphatic carbocycles. The van der Waals surface area contributed by atoms with Crippen LogP contribution in [0.1, 0.15) is 28.7 Å². The maximum atomic E-state index is 14.0. The number of piperazine rings is 1. The maximum absolute atomic E-state index is 14.0. The quantitative estimate of drug-likeness (QED) is 0.137. The molecule has 1 aliphatic heterocycles. The van der Waals surface area contributed by atoms with Crippen molar-refractivity contribution in [1.29, 1.82) is 0 Å². The van der Waals surface area contributed by atoms with Gasteiger partial charge in [0.25, 0.3) is 0 Å². The van der Waals surface area contributed by atoms with Crippen molar-refractivity contribution in [3.63, 3.8) is 0 Å². The third kappa shape index (κ3) is 9.53. The predicted molar refractivity (Wildman–Crippen MR) is 201 cm³/mol. The van der Waals surface area contributed by atoms with Gasteiger partial charge in [0.15, 0.2) is 11.5 Å². The number of carbonyl (C=O) groups is 1. The van der Waals surface area contributed by atoms with Crippen LogP contribution >= 0.6 is 0 Å². The zero-order valence-electron chi connectivity index (χ0n) is 31.4. The topological polar surface area (TPSA) is 120 Å². The van der Waals surface area contributed by atoms with Crippen LogP contribution in [0.2, 0.25) is 0 Å². The number of amides is 1. The van der Waals surface area contributed by atoms with Crippen molar-refractivity contribution in [2.24, 2.45) is 0 Å². The van der Waals surface area contributed by atoms with Crippen molar-refractivity contribution in [3.05, 3.63) is 77.0 Å². The molecule has 0 radical (unpaired) electrons. The number of aryl methyl sites for hydroxylation is 3. The average Bonchev–Trinajstić information content (AvgIpc) is 3.14. The summed E-state index contributed by atoms with van der Waals surface area (Å²) in [4.78, 5) is 29.5. The van der Waals surface area contributed by atoms with E-state index in [4.69, 9.17) is 33.4 Å². The lowest BCUT2D eigenvalue weighted by molar-refractivity contribution is 0.144. The lowest BCUT2D eigenvalue weighted by atomic mass is 10.1. The lowest BCUT2D eigenvalue weighted by Crippen LogP contribution is -2.44. The number of ether oxygens (including phenoxy) is 6. The van der Waals surface area contributed by atoms with Crippen molar-refractivity contribution in [1.82, 2.24) is 19.8 Å². The molecule has 13 nitrogen and oxygen atoms in total. The highest BCUT2D eigenvalue weighted by molar-refractivity contribution is 5.88. The predicted octanol–water partition coefficient (Wildman–Crippen LogP) is 6.40. The first-order valence-corrected chi connectivity index (χ1v) is 17.3. The van der Waals surface area contributed by atoms with E-state index in [0.29, 0.717) is 58.2 Å². The number of nitrogens with one attached hydrogen (secondary N) is 1. The van der Waals surface area contributed by atoms with E-state index in [1.165, 1.54) is 4.90 Å². The Balaban J connectivity index is 1.39. The van der Waals surface area contributed by atoms with Gasteiger partial charge in [0.1, 0.15) is 23.1 Å². The summed E-state index contributed by atoms with van der Waals surface area (Å²) in [5.74, 6) is 3.74. The minimum Gasteiger partial charge on any atom is -0.497 e. The molecule has 1 amide bonds. The molecule has 1 aliphatic rings. The summed E-state index contributed by atoms with van der Waals surface area (Å²) in [5.41, 5.74) is 4.07. The fraction of sp³-hybridized carbons (Fsp3) is 0.410. The van der Waals surface area contributed by atoms with Crippen molar-refractivity contribution < 1.29 is 33.2 Å². The molecule has 0 bridgehead atoms. The van der Waals surface area contributed by atoms with E-state index in [1.807, 2.05) is 39.0 Å². The van der Waals surface area contributed by atoms with Crippen molar-refractivity contribution in [3.8, 4) is 34.5 Å². The molecular weight excluding hydrogens is 664 g/mol. The Bertz CT molecular complexity index is 1780. The fourth-order valence-corrected chi connectivity index (χ4v) is 6.20. The third-order valence-corrected chi connectivity index (χ3v) is 8.93. The zero-order chi connectivity index (χ0) is 37.2. The summed E-state index contributed by atoms with van der Waals surface area (Å²) in [6.45, 7) is 11.7. The molecule has 1 saturated heterocycles. The number of benzene rings is 3. The first-order valence-electron chi connectivity index (χ1n) is 17.3. The van der Waals surface area contributed by atoms with Crippen LogP contribution in [0.15, 0.2) is 54.7 Å². The van der Waals surface area contributed by atoms with Gasteiger partial charge in [-0.3, -0.25) is 4.90 Å². The SMILES string of the molecule is COc1ccc(OC)c(CN(C(=O)Oc2c(C)cc(C)cc2C)c2ccnc(Nc3cc(OC)c(OCCCN4CCN(C)CC4)c(OC)c3)n2)c1. The molecule has 13 heteroatoms. The number of aromatic nitrogens is 2. The highest BCUT2D eigenvalue weighted by Gasteiger charge is 2.25. The largest absolute Gasteiger partial charge is 0.497 e. The Labute approximate surface area is 306 Å². The number of likely N-dealkylation sites (N-methyl/N-ethyl adjacent to an activating group) is 1. The van der Waals surface area contributed by atoms with E-state index in [0.717, 1.165) is 55.8 Å². The van der Waals surface area contributed by atoms with E-state index in [-0.39, 0.29) is 12.5 Å². The second kappa shape index (κ2) is 17.8. The van der Waals surface area contributed by atoms with Crippen molar-refractivity contribution >= 4 is 23.5 Å². The summed E-state index contributed by atoms with van der Waals surface area (Å²) in [7, 11) is 8.48. The summed E-state index contributed by atoms with van der Waals surface area (Å²) < 4.78 is 34.8. The molecule has 278 valence electrons. The summed E-state index contributed by atoms with van der Waals surface area (Å²) in [6, 6.07) is 14.6. The highest BCUT2D eigenvalue weighted by Crippen LogP contribution is 2.41. The van der Waals surface area contributed by atoms with Crippen LogP contribution in [0.3, 0.4) is 0 Å². The van der Waals surface area contributed by atoms with Crippen LogP contribution < -0.4 is 38.6 Å². The number of hydrogen-bond donors (Lipinski definition) is 1. The Hall–Kier alpha value is -5.27. The fourth-order valence-electron chi connectivity index (χ4n) is 6.20. The maximum Gasteiger partial charge on any atom is 0.421 e. The Morgan fingerprint density at radius 3 is 2.13 bits per heavy atom. The minimum absolute atomic E-state index is 0.0715. The van der Waals surface area contributed by atoms with E-state index in [2.05, 4.69) is 27.1 Å². The molecule has 0 spiro atoms. The van der Waals surface area contributed by atoms with Crippen LogP contribution in [0, 0.1) is 20.8 Å². The van der Waals surface area contributed by atoms with Crippen LogP contribution in [-0.4, -0.2) is 101 Å². The number of carbonyl (C=O) groups excluding carboxylic acids is 1. The lowest BCUT2D eigenvalue weighted by Gasteiger charge is -2.32. The highest BCUT2D eigenvalue weighted by atomic mass is 16.6. The molecule has 1 aromatic heterocycles. The third-order valence-electron chi connectivity index (χ3n) is 8.93. The number of rotatable bonds is 15. The van der Waals surface area contributed by atoms with Gasteiger partial charge in [0.05, 0.1) is 41.6 Å². The molecule has 1 N–H and O–H groups in total. The average molecular weight is 715 g/mol. The summed E-state index contributed by atoms with van der Waals surface area (Å²) >= 11 is 0. The molecule has 2 heterocycles. The van der Waals surface area contributed by atoms with Gasteiger partial charge in [-0.2, -0.15) is 4.98 Å². The van der Waals surface area contributed by atoms with Gasteiger partial charge in [0.2, 0.25) is 11.7 Å². The molecular formula is C39H50N6O7. The zero-order valence-corrected chi connectivity index (χ0v) is 31.4. The number of methoxy groups -OCH3 is 4. The van der Waals surface area contributed by atoms with Gasteiger partial charge in [-0.15, -0.1) is 0 Å². The monoisotopic (exact) mass is 714 g/mol. The van der Waals surface area contributed by atoms with Crippen molar-refractivity contribution in [2.45, 2.75) is 33.7 Å². The van der Waals surface area contributed by atoms with Gasteiger partial charge < -0.3 is 43.5 Å². The second-order valence-electron chi connectivity index (χ2n) is 12.8. The van der Waals surface area contributed by atoms with Crippen LogP contribution in [0.5, 0.6) is 34.5 Å². The first kappa shape index (κ1) is 38.0. The standard InChI is InChI=1S/C39H50N6O7/c1-26-20-27(2)36(28(3)21-26)52-39(46)45(25-29-22-31(47-5)10-11-32(29)48-6)35-12-13-40-38(42-35)41-30-23-33(49-7)37(34(24-30)50-8)51-19-9-14-44-17-15-43(4)16-18-44/h10-13,20-24H,9,14-19,25H2,1-8H3,(H,40,41,42). The van der Waals surface area contributed by atoms with E-state index >= 15 is 0 Å². The molecule has 3 aromatic carbocycles. The van der Waals surface area contributed by atoms with E-state index < -0.39 is 6.09 Å². The van der Waals surface area contributed by atoms with Gasteiger partial charge in [-0.1, -0.05) is 17.7 Å². The summed E-state index contributed by atoms with van der Waals surface area (Å²) in [5, 5.41) is 3.24. The van der Waals surface area contributed by atoms with Crippen LogP contribution in [0.4, 0.5) is 22.2 Å². The normalized spacial score (nSPS) is 13.3. The summed E-state index contributed by atoms with van der Waals surface area (Å²) in [6.07, 6.45) is 1.82. The first-order chi connectivity index (χ1) is 25.1. The second-order valence-corrected chi connectivity index (χ2v) is 12.8. The Morgan fingerprint density at radius 1 is 0.827 bits per heavy atom. The number of hydrogen-bond acceptors (Lipinski definition) is 12. The number of anilines is 3. The van der Waals surface area contributed by atoms with Gasteiger partial charge >= 0.3 is 6.09 Å². The van der Waals surface area contributed by atoms with Gasteiger partial charge in [0, 0.05) is 62.3 Å². The molecule has 5 rings (SSSR count). The van der Waals surface area contributed by atoms with E-state index in [9.17, 15) is 4.79 Å². The molecule has 0 saturated carbocycles. The van der Waals surface area contributed by atoms with Gasteiger partial charge in [-0.05, 0) is 69.6 Å². The Morgan fingerprint density at radius 2 is 1.50 bits per heavy atom. The molecule has 4 aromatic rings. The number of nitrogens with zero attached hydrogens (tertiary/aromatic N) is 5. The van der Waals surface area contributed by atoms with Crippen molar-refractivity contribution in [2.75, 3.05) is 85.0 Å². The Kier molecular flexibility index (Phi) is 13.0. The molecule has 0 atom stereocenters. The minimum atomic E-state index is -0.623. The van der Waals surface area contributed by atoms with Crippen LogP contribution in [-0.2, 0) is 6.54 Å². The van der Waals surface area contributed by atoms with Crippen LogP contribution in [0.25, 0.3) is 0 Å². The molecule has 1 fully saturated rings. The smallest absolute Gasteiger partial charge is 0.421 e. The van der Waals surface area contributed by atoms with Gasteiger partial charge in [-0.25, -0.2) is 9.78 Å². The van der Waals surface area contributed by atoms with E-state index in [1.54, 1.807) is 65.0 Å².